The number of carbonyl (C=O) groups excluding carboxylic acids is 7. The second kappa shape index (κ2) is 62.3. The van der Waals surface area contributed by atoms with E-state index in [9.17, 15) is 43.8 Å². The first-order valence-corrected chi connectivity index (χ1v) is 49.3. The van der Waals surface area contributed by atoms with Crippen LogP contribution in [0.5, 0.6) is 69.0 Å². The maximum atomic E-state index is 13.3. The topological polar surface area (TPSA) is 365 Å². The van der Waals surface area contributed by atoms with Crippen LogP contribution in [0.25, 0.3) is 0 Å². The average Bonchev–Trinajstić information content (AvgIpc) is 0.745. The van der Waals surface area contributed by atoms with Crippen molar-refractivity contribution in [3.05, 3.63) is 142 Å². The van der Waals surface area contributed by atoms with Crippen LogP contribution < -0.4 is 48.9 Å². The van der Waals surface area contributed by atoms with E-state index >= 15 is 0 Å². The fourth-order valence-electron chi connectivity index (χ4n) is 16.4. The Hall–Kier alpha value is -10.3. The number of piperazine rings is 1. The number of aromatic hydroxyl groups is 4. The maximum Gasteiger partial charge on any atom is 0.410 e. The minimum absolute atomic E-state index is 0. The predicted molar refractivity (Wildman–Crippen MR) is 587 cm³/mol. The monoisotopic (exact) mass is 2100 g/mol. The van der Waals surface area contributed by atoms with Gasteiger partial charge in [0.2, 0.25) is 5.91 Å². The van der Waals surface area contributed by atoms with Crippen LogP contribution in [0.4, 0.5) is 9.59 Å². The summed E-state index contributed by atoms with van der Waals surface area (Å²) in [6, 6.07) is 23.5. The molecule has 6 aromatic carbocycles. The van der Waals surface area contributed by atoms with Crippen LogP contribution in [0.2, 0.25) is 0 Å². The maximum absolute atomic E-state index is 13.3. The molecule has 0 radical (unpaired) electrons. The van der Waals surface area contributed by atoms with Crippen molar-refractivity contribution in [3.63, 3.8) is 0 Å². The molecule has 0 aromatic heterocycles. The standard InChI is InChI=1S/C24H39NO5.C23H39NO5.C22H35NO5.C20H30N2O3.C19H31NO3.C8H11NO2.ClH/c1-23(2,3)16-18(25(7)22(27)30-24(4,5)6)19(26)12-10-11-17-13-14-20(28-8)21(15-17)29-9;1-23(2,3)15-18(24(4)16-22(28-7)29-8)19(25)11-9-10-17-12-13-20(26-5)21(14-17)27-6;1-21(2,3)14-16(23(7)20(27)28-22(4,5)6)17(24)10-8-9-15-11-12-18(25)19(26)13-15;1-20(2,3)11-15-19(23)22-8-7-13-9-17(24-5)18(25-6)10-14(13)16(22)12-21(15)4;1-19(2,3)13-15(20-4)16(21)9-7-8-14-10-11-17(22-5)18(12-14)23-6;9-4-3-6-1-2-7(10)8(11)5-6;/h13-15,18H,10-12,16H2,1-9H3;12-14,18,22H,9-11,15-16H2,1-8H3;11-13,16,25-26H,8-10,14H2,1-7H3;9-10,15-16H,7-8,11-12H2,1-6H3;10-12,15,20H,7-9,13H2,1-6H3;1-2,5,10-11H,3-4,9H2;1H/t2*18-;16-;15-,16-;15-;;/m11111../s1/i8D3,9D3;5D3,6D3;;2*5D3,6D3;;. The molecule has 7 N–H and O–H groups in total. The first kappa shape index (κ1) is 96.2. The fourth-order valence-corrected chi connectivity index (χ4v) is 16.4. The number of nitrogens with zero attached hydrogens (tertiary/aromatic N) is 5. The third-order valence-corrected chi connectivity index (χ3v) is 23.8. The van der Waals surface area contributed by atoms with E-state index in [-0.39, 0.29) is 168 Å². The molecule has 2 aliphatic heterocycles. The summed E-state index contributed by atoms with van der Waals surface area (Å²) in [5.74, 6) is -1.77. The van der Waals surface area contributed by atoms with Gasteiger partial charge in [-0.25, -0.2) is 9.59 Å². The number of hydrogen-bond donors (Lipinski definition) is 6. The van der Waals surface area contributed by atoms with Gasteiger partial charge in [0.1, 0.15) is 22.8 Å². The van der Waals surface area contributed by atoms with Crippen LogP contribution in [0.1, 0.15) is 307 Å². The van der Waals surface area contributed by atoms with Crippen LogP contribution in [0.3, 0.4) is 0 Å². The number of amides is 3. The number of ether oxygens (including phenoxy) is 12. The third-order valence-electron chi connectivity index (χ3n) is 23.8. The highest BCUT2D eigenvalue weighted by atomic mass is 35.5. The molecule has 2 aliphatic rings. The molecule has 2 heterocycles. The molecule has 0 aliphatic carbocycles. The van der Waals surface area contributed by atoms with Crippen molar-refractivity contribution in [1.82, 2.24) is 29.8 Å². The van der Waals surface area contributed by atoms with E-state index in [1.54, 1.807) is 107 Å². The lowest BCUT2D eigenvalue weighted by Crippen LogP contribution is -2.59. The van der Waals surface area contributed by atoms with Gasteiger partial charge in [-0.05, 0) is 304 Å². The lowest BCUT2D eigenvalue weighted by atomic mass is 9.83. The highest BCUT2D eigenvalue weighted by molar-refractivity contribution is 5.89. The Balaban J connectivity index is 0.000000704. The highest BCUT2D eigenvalue weighted by Crippen LogP contribution is 2.43. The van der Waals surface area contributed by atoms with Gasteiger partial charge in [0.15, 0.2) is 86.9 Å². The Morgan fingerprint density at radius 3 is 1.10 bits per heavy atom. The van der Waals surface area contributed by atoms with E-state index in [4.69, 9.17) is 106 Å². The number of methoxy groups -OCH3 is 10. The molecule has 8 rings (SSSR count). The second-order valence-corrected chi connectivity index (χ2v) is 45.1. The van der Waals surface area contributed by atoms with E-state index in [2.05, 4.69) is 67.6 Å². The first-order chi connectivity index (χ1) is 77.1. The molecule has 1 fully saturated rings. The van der Waals surface area contributed by atoms with Gasteiger partial charge in [0.05, 0.1) is 125 Å². The molecule has 0 unspecified atom stereocenters. The van der Waals surface area contributed by atoms with Crippen molar-refractivity contribution in [3.8, 4) is 69.0 Å². The van der Waals surface area contributed by atoms with Crippen LogP contribution in [0, 0.1) is 27.1 Å². The second-order valence-electron chi connectivity index (χ2n) is 45.1. The Morgan fingerprint density at radius 1 is 0.435 bits per heavy atom. The molecule has 31 heteroatoms. The van der Waals surface area contributed by atoms with Crippen LogP contribution in [0.15, 0.2) is 103 Å². The SMILES string of the molecule is CN(C(=O)OC(C)(C)C)[C@H](CC(C)(C)C)C(=O)CCCc1ccc(O)c(O)c1.Cl.NCCc1ccc(O)c(O)c1.[2H]C([2H])([2H])Oc1cc2c(cc1OC([2H])([2H])[2H])[C@H]1CN(C)[C@H](CC(C)(C)C)C(=O)N1CC2.[2H]C([2H])([2H])Oc1ccc(CCCC(=O)[C@@H](CC(C)(C)C)N(C)C(=O)OC(C)(C)C)cc1OC([2H])([2H])[2H].[2H]C([2H])([2H])Oc1ccc(CCCC(=O)[C@@H](CC(C)(C)C)N(C)CC(OC)OC)cc1OC([2H])([2H])[2H].[2H]C([2H])([2H])Oc1ccc(CCCC(=O)[C@@H](CC(C)(C)C)NC)cc1OC([2H])([2H])[2H]. The van der Waals surface area contributed by atoms with E-state index in [0.717, 1.165) is 40.7 Å². The summed E-state index contributed by atoms with van der Waals surface area (Å²) < 4.78 is 236. The summed E-state index contributed by atoms with van der Waals surface area (Å²) in [4.78, 5) is 98.7. The van der Waals surface area contributed by atoms with Gasteiger partial charge in [0, 0.05) is 73.6 Å². The number of halogens is 1. The molecular weight excluding hydrogens is 1890 g/mol. The number of likely N-dealkylation sites (N-methyl/N-ethyl adjacent to an activating group) is 5. The van der Waals surface area contributed by atoms with Crippen LogP contribution in [-0.4, -0.2) is 266 Å². The molecule has 30 nitrogen and oxygen atoms in total. The van der Waals surface area contributed by atoms with Crippen LogP contribution in [-0.2, 0) is 81.4 Å². The average molecular weight is 2110 g/mol. The number of aryl methyl sites for hydroxylation is 4. The number of hydrogen-bond acceptors (Lipinski definition) is 27. The molecule has 0 bridgehead atoms. The molecule has 1 saturated heterocycles. The summed E-state index contributed by atoms with van der Waals surface area (Å²) in [7, 11) is -10.2. The molecule has 0 spiro atoms. The zero-order chi connectivity index (χ0) is 131. The highest BCUT2D eigenvalue weighted by Gasteiger charge is 2.44. The van der Waals surface area contributed by atoms with Gasteiger partial charge in [0.25, 0.3) is 0 Å². The van der Waals surface area contributed by atoms with E-state index in [0.29, 0.717) is 140 Å². The summed E-state index contributed by atoms with van der Waals surface area (Å²) >= 11 is 0. The zero-order valence-corrected chi connectivity index (χ0v) is 92.7. The van der Waals surface area contributed by atoms with Gasteiger partial charge in [-0.15, -0.1) is 12.4 Å². The van der Waals surface area contributed by atoms with Crippen LogP contribution >= 0.6 is 12.4 Å². The minimum Gasteiger partial charge on any atom is -0.504 e. The van der Waals surface area contributed by atoms with E-state index < -0.39 is 98.1 Å². The van der Waals surface area contributed by atoms with Gasteiger partial charge >= 0.3 is 12.2 Å². The smallest absolute Gasteiger partial charge is 0.410 e. The number of nitrogens with one attached hydrogen (secondary N) is 1. The molecular formula is C116H186ClN7O23. The largest absolute Gasteiger partial charge is 0.504 e. The van der Waals surface area contributed by atoms with Gasteiger partial charge in [-0.2, -0.15) is 0 Å². The molecule has 6 atom stereocenters. The Labute approximate surface area is 920 Å². The van der Waals surface area contributed by atoms with Gasteiger partial charge in [-0.1, -0.05) is 134 Å². The number of phenols is 4. The summed E-state index contributed by atoms with van der Waals surface area (Å²) in [5, 5.41) is 40.0. The first-order valence-electron chi connectivity index (χ1n) is 61.3. The van der Waals surface area contributed by atoms with Gasteiger partial charge in [-0.3, -0.25) is 33.8 Å². The Bertz CT molecular complexity index is 5980. The number of benzene rings is 6. The zero-order valence-electron chi connectivity index (χ0n) is 116. The fraction of sp³-hybridized carbons (Fsp3) is 0.629. The summed E-state index contributed by atoms with van der Waals surface area (Å²) in [6.07, 6.45) is 8.16. The van der Waals surface area contributed by atoms with Crippen molar-refractivity contribution in [1.29, 1.82) is 0 Å². The normalized spacial score (nSPS) is 17.6. The summed E-state index contributed by atoms with van der Waals surface area (Å²) in [6.45, 7) is 43.7. The Morgan fingerprint density at radius 2 is 0.762 bits per heavy atom. The predicted octanol–water partition coefficient (Wildman–Crippen LogP) is 21.4. The number of carbonyl (C=O) groups is 7. The number of phenolic OH excluding ortho intramolecular Hbond substituents is 4. The van der Waals surface area contributed by atoms with E-state index in [1.165, 1.54) is 82.6 Å². The number of Topliss-reactive ketones (excluding diaryl/α,β-unsaturated/α-hetero) is 4. The minimum atomic E-state index is -2.80. The lowest BCUT2D eigenvalue weighted by Gasteiger charge is -2.48. The number of nitrogens with two attached hydrogens (primary N) is 1. The number of ketones is 4. The molecule has 6 aromatic rings. The number of rotatable bonds is 43. The number of fused-ring (bicyclic) bond motifs is 3. The molecule has 3 amide bonds. The van der Waals surface area contributed by atoms with E-state index in [1.807, 2.05) is 70.3 Å². The molecule has 147 heavy (non-hydrogen) atoms. The third kappa shape index (κ3) is 48.4. The lowest BCUT2D eigenvalue weighted by molar-refractivity contribution is -0.147. The van der Waals surface area contributed by atoms with Gasteiger partial charge < -0.3 is 103 Å². The quantitative estimate of drug-likeness (QED) is 0.0153. The van der Waals surface area contributed by atoms with Crippen molar-refractivity contribution < 1.29 is 144 Å². The molecule has 0 saturated carbocycles. The van der Waals surface area contributed by atoms with Crippen molar-refractivity contribution in [2.75, 3.05) is 132 Å². The van der Waals surface area contributed by atoms with Crippen molar-refractivity contribution in [2.24, 2.45) is 32.8 Å². The summed E-state index contributed by atoms with van der Waals surface area (Å²) in [5.41, 5.74) is 9.06. The van der Waals surface area contributed by atoms with Crippen molar-refractivity contribution in [2.45, 2.75) is 321 Å². The molecule has 830 valence electrons. The van der Waals surface area contributed by atoms with Crippen molar-refractivity contribution >= 4 is 53.6 Å². The Kier molecular flexibility index (Phi) is 40.8.